The zero-order valence-corrected chi connectivity index (χ0v) is 5.59. The van der Waals surface area contributed by atoms with Crippen LogP contribution in [0.1, 0.15) is 6.55 Å². The van der Waals surface area contributed by atoms with E-state index in [9.17, 15) is 8.78 Å². The Morgan fingerprint density at radius 3 is 1.78 bits per heavy atom. The normalized spacial score (nSPS) is 9.22. The largest absolute Gasteiger partial charge is 0.318 e. The van der Waals surface area contributed by atoms with E-state index in [1.165, 1.54) is 12.4 Å². The van der Waals surface area contributed by atoms with Crippen molar-refractivity contribution < 1.29 is 8.78 Å². The van der Waals surface area contributed by atoms with E-state index in [1.807, 2.05) is 0 Å². The Balaban J connectivity index is 0.000000640. The predicted molar refractivity (Wildman–Crippen MR) is 36.1 cm³/mol. The molecule has 0 saturated heterocycles. The molecular formula is C5H7F2NS. The van der Waals surface area contributed by atoms with E-state index in [-0.39, 0.29) is 13.5 Å². The summed E-state index contributed by atoms with van der Waals surface area (Å²) in [5, 5.41) is 0. The second-order valence-corrected chi connectivity index (χ2v) is 1.41. The lowest BCUT2D eigenvalue weighted by Gasteiger charge is -1.95. The number of nitrogens with zero attached hydrogens (tertiary/aromatic N) is 1. The first-order valence-electron chi connectivity index (χ1n) is 2.21. The van der Waals surface area contributed by atoms with Crippen LogP contribution in [0.4, 0.5) is 8.78 Å². The molecule has 9 heavy (non-hydrogen) atoms. The summed E-state index contributed by atoms with van der Waals surface area (Å²) in [6.07, 6.45) is 2.65. The summed E-state index contributed by atoms with van der Waals surface area (Å²) < 4.78 is 24.0. The van der Waals surface area contributed by atoms with Crippen LogP contribution >= 0.6 is 13.5 Å². The van der Waals surface area contributed by atoms with Gasteiger partial charge in [-0.1, -0.05) is 0 Å². The molecule has 0 spiro atoms. The zero-order chi connectivity index (χ0) is 5.98. The minimum absolute atomic E-state index is 0. The van der Waals surface area contributed by atoms with Crippen molar-refractivity contribution in [1.82, 2.24) is 4.57 Å². The molecule has 4 heteroatoms. The van der Waals surface area contributed by atoms with E-state index in [4.69, 9.17) is 0 Å². The minimum atomic E-state index is -2.40. The first kappa shape index (κ1) is 8.49. The highest BCUT2D eigenvalue weighted by molar-refractivity contribution is 7.59. The molecule has 0 unspecified atom stereocenters. The third kappa shape index (κ3) is 2.05. The van der Waals surface area contributed by atoms with E-state index in [0.717, 1.165) is 4.57 Å². The Morgan fingerprint density at radius 2 is 1.56 bits per heavy atom. The highest BCUT2D eigenvalue weighted by Crippen LogP contribution is 2.07. The molecule has 52 valence electrons. The first-order valence-corrected chi connectivity index (χ1v) is 2.21. The molecular weight excluding hydrogens is 144 g/mol. The van der Waals surface area contributed by atoms with Crippen LogP contribution in [0.2, 0.25) is 0 Å². The van der Waals surface area contributed by atoms with Gasteiger partial charge >= 0.3 is 6.55 Å². The third-order valence-corrected chi connectivity index (χ3v) is 0.853. The third-order valence-electron chi connectivity index (χ3n) is 0.853. The molecule has 1 heterocycles. The summed E-state index contributed by atoms with van der Waals surface area (Å²) in [6.45, 7) is -2.40. The topological polar surface area (TPSA) is 4.93 Å². The van der Waals surface area contributed by atoms with E-state index < -0.39 is 6.55 Å². The molecule has 0 aliphatic heterocycles. The fraction of sp³-hybridized carbons (Fsp3) is 0.200. The Hall–Kier alpha value is -0.510. The summed E-state index contributed by atoms with van der Waals surface area (Å²) in [4.78, 5) is 0. The van der Waals surface area contributed by atoms with Crippen molar-refractivity contribution in [3.63, 3.8) is 0 Å². The average molecular weight is 151 g/mol. The van der Waals surface area contributed by atoms with Gasteiger partial charge in [-0.15, -0.1) is 0 Å². The van der Waals surface area contributed by atoms with Crippen LogP contribution in [0, 0.1) is 0 Å². The van der Waals surface area contributed by atoms with Crippen LogP contribution in [0.15, 0.2) is 24.5 Å². The fourth-order valence-electron chi connectivity index (χ4n) is 0.478. The van der Waals surface area contributed by atoms with Crippen LogP contribution in [0.25, 0.3) is 0 Å². The SMILES string of the molecule is FC(F)n1cccc1.S. The lowest BCUT2D eigenvalue weighted by Crippen LogP contribution is -1.91. The van der Waals surface area contributed by atoms with E-state index in [1.54, 1.807) is 12.1 Å². The molecule has 0 atom stereocenters. The first-order chi connectivity index (χ1) is 3.80. The van der Waals surface area contributed by atoms with E-state index in [2.05, 4.69) is 0 Å². The maximum absolute atomic E-state index is 11.6. The maximum Gasteiger partial charge on any atom is 0.318 e. The van der Waals surface area contributed by atoms with Gasteiger partial charge in [-0.05, 0) is 12.1 Å². The molecule has 0 radical (unpaired) electrons. The Bertz CT molecular complexity index is 150. The van der Waals surface area contributed by atoms with Gasteiger partial charge in [0.1, 0.15) is 0 Å². The van der Waals surface area contributed by atoms with Crippen LogP contribution in [-0.2, 0) is 0 Å². The number of aromatic nitrogens is 1. The van der Waals surface area contributed by atoms with E-state index >= 15 is 0 Å². The second kappa shape index (κ2) is 3.50. The van der Waals surface area contributed by atoms with Gasteiger partial charge in [0.05, 0.1) is 0 Å². The van der Waals surface area contributed by atoms with Gasteiger partial charge in [-0.3, -0.25) is 4.57 Å². The standard InChI is InChI=1S/C5H5F2N.H2S/c6-5(7)8-3-1-2-4-8;/h1-5H;1H2. The van der Waals surface area contributed by atoms with Crippen LogP contribution in [-0.4, -0.2) is 4.57 Å². The molecule has 0 amide bonds. The van der Waals surface area contributed by atoms with Gasteiger partial charge in [-0.25, -0.2) is 0 Å². The summed E-state index contributed by atoms with van der Waals surface area (Å²) in [5.41, 5.74) is 0. The molecule has 0 aliphatic rings. The summed E-state index contributed by atoms with van der Waals surface area (Å²) >= 11 is 0. The number of alkyl halides is 2. The lowest BCUT2D eigenvalue weighted by molar-refractivity contribution is 0.0707. The zero-order valence-electron chi connectivity index (χ0n) is 4.59. The Morgan fingerprint density at radius 1 is 1.11 bits per heavy atom. The lowest BCUT2D eigenvalue weighted by atomic mass is 10.7. The summed E-state index contributed by atoms with van der Waals surface area (Å²) in [6, 6.07) is 3.12. The van der Waals surface area contributed by atoms with Gasteiger partial charge in [-0.2, -0.15) is 22.3 Å². The number of hydrogen-bond acceptors (Lipinski definition) is 0. The van der Waals surface area contributed by atoms with Crippen molar-refractivity contribution in [2.75, 3.05) is 0 Å². The van der Waals surface area contributed by atoms with Gasteiger partial charge in [0.15, 0.2) is 0 Å². The molecule has 1 nitrogen and oxygen atoms in total. The average Bonchev–Trinajstić information content (AvgIpc) is 2.12. The highest BCUT2D eigenvalue weighted by Gasteiger charge is 1.99. The van der Waals surface area contributed by atoms with Crippen molar-refractivity contribution in [2.24, 2.45) is 0 Å². The molecule has 1 rings (SSSR count). The molecule has 0 bridgehead atoms. The Labute approximate surface area is 58.7 Å². The molecule has 1 aromatic rings. The van der Waals surface area contributed by atoms with Crippen LogP contribution in [0.5, 0.6) is 0 Å². The van der Waals surface area contributed by atoms with Gasteiger partial charge in [0.25, 0.3) is 0 Å². The molecule has 0 N–H and O–H groups in total. The predicted octanol–water partition coefficient (Wildman–Crippen LogP) is 2.00. The summed E-state index contributed by atoms with van der Waals surface area (Å²) in [7, 11) is 0. The molecule has 0 fully saturated rings. The minimum Gasteiger partial charge on any atom is -0.298 e. The smallest absolute Gasteiger partial charge is 0.298 e. The molecule has 0 aliphatic carbocycles. The van der Waals surface area contributed by atoms with Gasteiger partial charge in [0.2, 0.25) is 0 Å². The van der Waals surface area contributed by atoms with Crippen molar-refractivity contribution in [3.8, 4) is 0 Å². The van der Waals surface area contributed by atoms with Crippen molar-refractivity contribution in [2.45, 2.75) is 6.55 Å². The molecule has 1 aromatic heterocycles. The molecule has 0 saturated carbocycles. The van der Waals surface area contributed by atoms with E-state index in [0.29, 0.717) is 0 Å². The number of hydrogen-bond donors (Lipinski definition) is 0. The maximum atomic E-state index is 11.6. The van der Waals surface area contributed by atoms with Crippen LogP contribution in [0.3, 0.4) is 0 Å². The monoisotopic (exact) mass is 151 g/mol. The quantitative estimate of drug-likeness (QED) is 0.578. The number of halogens is 2. The van der Waals surface area contributed by atoms with Crippen LogP contribution < -0.4 is 0 Å². The van der Waals surface area contributed by atoms with Gasteiger partial charge in [0, 0.05) is 12.4 Å². The van der Waals surface area contributed by atoms with Crippen molar-refractivity contribution in [1.29, 1.82) is 0 Å². The number of rotatable bonds is 1. The fourth-order valence-corrected chi connectivity index (χ4v) is 0.478. The van der Waals surface area contributed by atoms with Gasteiger partial charge < -0.3 is 0 Å². The highest BCUT2D eigenvalue weighted by atomic mass is 32.1. The Kier molecular flexibility index (Phi) is 3.30. The molecule has 0 aromatic carbocycles. The van der Waals surface area contributed by atoms with Crippen molar-refractivity contribution >= 4 is 13.5 Å². The van der Waals surface area contributed by atoms with Crippen molar-refractivity contribution in [3.05, 3.63) is 24.5 Å². The second-order valence-electron chi connectivity index (χ2n) is 1.41. The summed E-state index contributed by atoms with van der Waals surface area (Å²) in [5.74, 6) is 0.